The van der Waals surface area contributed by atoms with Gasteiger partial charge >= 0.3 is 0 Å². The average Bonchev–Trinajstić information content (AvgIpc) is 3.01. The second-order valence-electron chi connectivity index (χ2n) is 6.37. The number of methoxy groups -OCH3 is 1. The van der Waals surface area contributed by atoms with Gasteiger partial charge in [-0.1, -0.05) is 12.1 Å². The molecule has 0 atom stereocenters. The van der Waals surface area contributed by atoms with Crippen LogP contribution in [0.3, 0.4) is 0 Å². The fraction of sp³-hybridized carbons (Fsp3) is 0.200. The number of ether oxygens (including phenoxy) is 1. The van der Waals surface area contributed by atoms with E-state index in [-0.39, 0.29) is 11.7 Å². The first-order chi connectivity index (χ1) is 13.2. The summed E-state index contributed by atoms with van der Waals surface area (Å²) in [4.78, 5) is 18.0. The van der Waals surface area contributed by atoms with Gasteiger partial charge in [0.05, 0.1) is 18.6 Å². The highest BCUT2D eigenvalue weighted by Gasteiger charge is 2.14. The number of benzene rings is 2. The van der Waals surface area contributed by atoms with Crippen LogP contribution in [0, 0.1) is 6.92 Å². The quantitative estimate of drug-likeness (QED) is 0.658. The van der Waals surface area contributed by atoms with Gasteiger partial charge in [0, 0.05) is 22.3 Å². The molecular weight excluding hydrogens is 396 g/mol. The molecule has 146 valence electrons. The summed E-state index contributed by atoms with van der Waals surface area (Å²) in [6.07, 6.45) is 1.18. The minimum Gasteiger partial charge on any atom is -0.497 e. The second-order valence-corrected chi connectivity index (χ2v) is 9.72. The Labute approximate surface area is 168 Å². The lowest BCUT2D eigenvalue weighted by Gasteiger charge is -2.04. The van der Waals surface area contributed by atoms with Gasteiger partial charge in [-0.2, -0.15) is 0 Å². The number of aryl methyl sites for hydroxylation is 1. The van der Waals surface area contributed by atoms with E-state index in [1.807, 2.05) is 31.2 Å². The van der Waals surface area contributed by atoms with Crippen LogP contribution < -0.4 is 10.1 Å². The van der Waals surface area contributed by atoms with Crippen molar-refractivity contribution in [2.75, 3.05) is 18.7 Å². The van der Waals surface area contributed by atoms with E-state index in [9.17, 15) is 13.2 Å². The van der Waals surface area contributed by atoms with Crippen molar-refractivity contribution in [3.8, 4) is 17.0 Å². The Morgan fingerprint density at radius 2 is 1.75 bits per heavy atom. The molecule has 0 aliphatic carbocycles. The molecule has 0 saturated heterocycles. The lowest BCUT2D eigenvalue weighted by atomic mass is 10.1. The lowest BCUT2D eigenvalue weighted by molar-refractivity contribution is 0.102. The van der Waals surface area contributed by atoms with E-state index < -0.39 is 9.84 Å². The predicted molar refractivity (Wildman–Crippen MR) is 112 cm³/mol. The largest absolute Gasteiger partial charge is 0.497 e. The van der Waals surface area contributed by atoms with E-state index in [4.69, 9.17) is 4.74 Å². The molecule has 0 radical (unpaired) electrons. The number of carbonyl (C=O) groups is 1. The van der Waals surface area contributed by atoms with Gasteiger partial charge in [-0.05, 0) is 48.9 Å². The molecule has 0 saturated carbocycles. The molecule has 8 heteroatoms. The number of amides is 1. The van der Waals surface area contributed by atoms with E-state index in [1.54, 1.807) is 31.4 Å². The summed E-state index contributed by atoms with van der Waals surface area (Å²) in [5.41, 5.74) is 2.84. The van der Waals surface area contributed by atoms with Gasteiger partial charge in [-0.15, -0.1) is 11.3 Å². The third kappa shape index (κ3) is 4.96. The molecule has 1 N–H and O–H groups in total. The number of hydrogen-bond acceptors (Lipinski definition) is 6. The van der Waals surface area contributed by atoms with Crippen LogP contribution in [0.1, 0.15) is 20.8 Å². The number of thiazole rings is 1. The monoisotopic (exact) mass is 416 g/mol. The Morgan fingerprint density at radius 1 is 1.11 bits per heavy atom. The summed E-state index contributed by atoms with van der Waals surface area (Å²) < 4.78 is 27.9. The van der Waals surface area contributed by atoms with Gasteiger partial charge in [0.2, 0.25) is 0 Å². The van der Waals surface area contributed by atoms with E-state index in [0.717, 1.165) is 21.9 Å². The van der Waals surface area contributed by atoms with E-state index in [2.05, 4.69) is 10.3 Å². The standard InChI is InChI=1S/C20H20N2O4S2/c1-13-18(15-8-10-17(26-2)11-9-15)21-20(27-13)22-19(23)16-6-4-14(5-7-16)12-28(3,24)25/h4-11H,12H2,1-3H3,(H,21,22,23). The number of anilines is 1. The summed E-state index contributed by atoms with van der Waals surface area (Å²) in [5, 5.41) is 3.31. The SMILES string of the molecule is COc1ccc(-c2nc(NC(=O)c3ccc(CS(C)(=O)=O)cc3)sc2C)cc1. The van der Waals surface area contributed by atoms with Crippen molar-refractivity contribution in [2.45, 2.75) is 12.7 Å². The van der Waals surface area contributed by atoms with E-state index in [1.165, 1.54) is 17.6 Å². The Bertz CT molecular complexity index is 1090. The highest BCUT2D eigenvalue weighted by molar-refractivity contribution is 7.89. The van der Waals surface area contributed by atoms with Crippen molar-refractivity contribution in [1.82, 2.24) is 4.98 Å². The van der Waals surface area contributed by atoms with Crippen molar-refractivity contribution < 1.29 is 17.9 Å². The molecule has 0 unspecified atom stereocenters. The zero-order valence-electron chi connectivity index (χ0n) is 15.7. The maximum Gasteiger partial charge on any atom is 0.257 e. The van der Waals surface area contributed by atoms with Crippen LogP contribution in [-0.4, -0.2) is 32.7 Å². The molecule has 0 aliphatic rings. The summed E-state index contributed by atoms with van der Waals surface area (Å²) >= 11 is 1.40. The fourth-order valence-corrected chi connectivity index (χ4v) is 4.32. The van der Waals surface area contributed by atoms with Gasteiger partial charge < -0.3 is 4.74 Å². The van der Waals surface area contributed by atoms with Gasteiger partial charge in [-0.3, -0.25) is 10.1 Å². The predicted octanol–water partition coefficient (Wildman–Crippen LogP) is 3.92. The number of aromatic nitrogens is 1. The van der Waals surface area contributed by atoms with Crippen molar-refractivity contribution in [3.63, 3.8) is 0 Å². The number of hydrogen-bond donors (Lipinski definition) is 1. The van der Waals surface area contributed by atoms with Crippen molar-refractivity contribution in [2.24, 2.45) is 0 Å². The Balaban J connectivity index is 1.74. The molecule has 1 aromatic heterocycles. The van der Waals surface area contributed by atoms with Gasteiger partial charge in [0.1, 0.15) is 5.75 Å². The minimum atomic E-state index is -3.11. The van der Waals surface area contributed by atoms with Crippen LogP contribution in [0.25, 0.3) is 11.3 Å². The maximum atomic E-state index is 12.5. The second kappa shape index (κ2) is 8.12. The molecular formula is C20H20N2O4S2. The number of carbonyl (C=O) groups excluding carboxylic acids is 1. The molecule has 0 spiro atoms. The summed E-state index contributed by atoms with van der Waals surface area (Å²) in [7, 11) is -1.49. The van der Waals surface area contributed by atoms with Gasteiger partial charge in [-0.25, -0.2) is 13.4 Å². The molecule has 6 nitrogen and oxygen atoms in total. The van der Waals surface area contributed by atoms with Crippen molar-refractivity contribution >= 4 is 32.2 Å². The Hall–Kier alpha value is -2.71. The Morgan fingerprint density at radius 3 is 2.32 bits per heavy atom. The third-order valence-electron chi connectivity index (χ3n) is 4.03. The van der Waals surface area contributed by atoms with Crippen LogP contribution >= 0.6 is 11.3 Å². The molecule has 3 rings (SSSR count). The lowest BCUT2D eigenvalue weighted by Crippen LogP contribution is -2.11. The number of rotatable bonds is 6. The highest BCUT2D eigenvalue weighted by atomic mass is 32.2. The number of nitrogens with one attached hydrogen (secondary N) is 1. The van der Waals surface area contributed by atoms with Crippen LogP contribution in [-0.2, 0) is 15.6 Å². The number of nitrogens with zero attached hydrogens (tertiary/aromatic N) is 1. The molecule has 2 aromatic carbocycles. The first-order valence-corrected chi connectivity index (χ1v) is 11.3. The zero-order chi connectivity index (χ0) is 20.3. The molecule has 28 heavy (non-hydrogen) atoms. The zero-order valence-corrected chi connectivity index (χ0v) is 17.4. The average molecular weight is 417 g/mol. The van der Waals surface area contributed by atoms with Crippen molar-refractivity contribution in [1.29, 1.82) is 0 Å². The van der Waals surface area contributed by atoms with E-state index >= 15 is 0 Å². The first kappa shape index (κ1) is 20.0. The first-order valence-electron chi connectivity index (χ1n) is 8.45. The van der Waals surface area contributed by atoms with Gasteiger partial charge in [0.25, 0.3) is 5.91 Å². The van der Waals surface area contributed by atoms with Crippen molar-refractivity contribution in [3.05, 3.63) is 64.5 Å². The summed E-state index contributed by atoms with van der Waals surface area (Å²) in [6, 6.07) is 14.1. The van der Waals surface area contributed by atoms with E-state index in [0.29, 0.717) is 16.3 Å². The number of sulfone groups is 1. The molecule has 0 aliphatic heterocycles. The van der Waals surface area contributed by atoms with Gasteiger partial charge in [0.15, 0.2) is 15.0 Å². The minimum absolute atomic E-state index is 0.0498. The highest BCUT2D eigenvalue weighted by Crippen LogP contribution is 2.31. The molecule has 0 fully saturated rings. The van der Waals surface area contributed by atoms with Crippen LogP contribution in [0.15, 0.2) is 48.5 Å². The molecule has 1 heterocycles. The normalized spacial score (nSPS) is 11.2. The fourth-order valence-electron chi connectivity index (χ4n) is 2.69. The molecule has 1 amide bonds. The van der Waals surface area contributed by atoms with Crippen LogP contribution in [0.5, 0.6) is 5.75 Å². The van der Waals surface area contributed by atoms with Crippen LogP contribution in [0.2, 0.25) is 0 Å². The maximum absolute atomic E-state index is 12.5. The molecule has 0 bridgehead atoms. The Kier molecular flexibility index (Phi) is 5.81. The molecule has 3 aromatic rings. The summed E-state index contributed by atoms with van der Waals surface area (Å²) in [6.45, 7) is 1.95. The smallest absolute Gasteiger partial charge is 0.257 e. The summed E-state index contributed by atoms with van der Waals surface area (Å²) in [5.74, 6) is 0.427. The van der Waals surface area contributed by atoms with Crippen LogP contribution in [0.4, 0.5) is 5.13 Å². The third-order valence-corrected chi connectivity index (χ3v) is 5.77. The topological polar surface area (TPSA) is 85.4 Å².